The summed E-state index contributed by atoms with van der Waals surface area (Å²) in [5.41, 5.74) is 4.70. The topological polar surface area (TPSA) is 120 Å². The lowest BCUT2D eigenvalue weighted by atomic mass is 10.4. The third-order valence-corrected chi connectivity index (χ3v) is 2.06. The summed E-state index contributed by atoms with van der Waals surface area (Å²) >= 11 is 0. The van der Waals surface area contributed by atoms with Gasteiger partial charge in [0.25, 0.3) is 15.9 Å². The lowest BCUT2D eigenvalue weighted by Gasteiger charge is -2.07. The zero-order valence-corrected chi connectivity index (χ0v) is 6.71. The van der Waals surface area contributed by atoms with Crippen molar-refractivity contribution in [1.82, 2.24) is 10.9 Å². The summed E-state index contributed by atoms with van der Waals surface area (Å²) in [6.45, 7) is 0. The van der Waals surface area contributed by atoms with E-state index >= 15 is 0 Å². The highest BCUT2D eigenvalue weighted by atomic mass is 32.2. The molecule has 0 aromatic rings. The van der Waals surface area contributed by atoms with Crippen molar-refractivity contribution < 1.29 is 13.2 Å². The Kier molecular flexibility index (Phi) is 2.99. The highest BCUT2D eigenvalue weighted by Crippen LogP contribution is 2.01. The molecule has 1 heterocycles. The standard InChI is InChI=1S/C5H6N2O3S.N/c6-5(8)4-2-1-3-11(9,10)7-4;/h1-3,7H,(H2,6,8);. The van der Waals surface area contributed by atoms with E-state index in [2.05, 4.69) is 0 Å². The summed E-state index contributed by atoms with van der Waals surface area (Å²) < 4.78 is 23.4. The summed E-state index contributed by atoms with van der Waals surface area (Å²) in [6.07, 6.45) is 2.54. The number of nitrogens with zero attached hydrogens (tertiary/aromatic N) is 1. The number of sulfonamides is 1. The van der Waals surface area contributed by atoms with Gasteiger partial charge in [0.05, 0.1) is 5.41 Å². The van der Waals surface area contributed by atoms with Crippen LogP contribution >= 0.6 is 0 Å². The van der Waals surface area contributed by atoms with Crippen LogP contribution in [0.3, 0.4) is 0 Å². The molecule has 6 nitrogen and oxygen atoms in total. The van der Waals surface area contributed by atoms with Crippen LogP contribution in [-0.4, -0.2) is 14.3 Å². The SMILES string of the molecule is NC(=O)C1=CC=CS(=O)(=O)N1.[N]. The first kappa shape index (κ1) is 10.7. The normalized spacial score (nSPS) is 18.5. The van der Waals surface area contributed by atoms with Gasteiger partial charge in [-0.15, -0.1) is 0 Å². The van der Waals surface area contributed by atoms with E-state index in [1.165, 1.54) is 12.2 Å². The Hall–Kier alpha value is -1.34. The van der Waals surface area contributed by atoms with Crippen molar-refractivity contribution >= 4 is 15.9 Å². The lowest BCUT2D eigenvalue weighted by Crippen LogP contribution is -2.31. The van der Waals surface area contributed by atoms with E-state index in [4.69, 9.17) is 5.73 Å². The van der Waals surface area contributed by atoms with Crippen LogP contribution in [0.4, 0.5) is 0 Å². The lowest BCUT2D eigenvalue weighted by molar-refractivity contribution is -0.114. The minimum atomic E-state index is -3.48. The first-order chi connectivity index (χ1) is 5.01. The van der Waals surface area contributed by atoms with E-state index in [1.54, 1.807) is 0 Å². The van der Waals surface area contributed by atoms with Crippen LogP contribution in [0.1, 0.15) is 0 Å². The number of carbonyl (C=O) groups is 1. The Bertz CT molecular complexity index is 341. The third kappa shape index (κ3) is 2.36. The monoisotopic (exact) mass is 188 g/mol. The molecule has 0 aromatic carbocycles. The molecule has 12 heavy (non-hydrogen) atoms. The van der Waals surface area contributed by atoms with Gasteiger partial charge < -0.3 is 5.73 Å². The van der Waals surface area contributed by atoms with E-state index in [0.29, 0.717) is 0 Å². The predicted octanol–water partition coefficient (Wildman–Crippen LogP) is -1.68. The van der Waals surface area contributed by atoms with Crippen LogP contribution in [0.5, 0.6) is 0 Å². The van der Waals surface area contributed by atoms with Gasteiger partial charge in [-0.1, -0.05) is 0 Å². The van der Waals surface area contributed by atoms with Crippen LogP contribution in [0.25, 0.3) is 0 Å². The maximum atomic E-state index is 10.7. The molecular formula is C5H6N3O3S. The number of nitrogens with one attached hydrogen (secondary N) is 1. The van der Waals surface area contributed by atoms with Crippen molar-refractivity contribution in [2.75, 3.05) is 0 Å². The summed E-state index contributed by atoms with van der Waals surface area (Å²) in [7, 11) is -3.48. The zero-order chi connectivity index (χ0) is 8.48. The van der Waals surface area contributed by atoms with Gasteiger partial charge in [0.1, 0.15) is 5.70 Å². The maximum Gasteiger partial charge on any atom is 0.265 e. The van der Waals surface area contributed by atoms with Gasteiger partial charge in [-0.05, 0) is 12.2 Å². The molecule has 3 N–H and O–H groups in total. The maximum absolute atomic E-state index is 10.7. The number of amides is 1. The molecule has 3 radical (unpaired) electrons. The number of carbonyl (C=O) groups excluding carboxylic acids is 1. The van der Waals surface area contributed by atoms with E-state index < -0.39 is 15.9 Å². The van der Waals surface area contributed by atoms with Crippen molar-refractivity contribution in [2.45, 2.75) is 0 Å². The number of primary amides is 1. The fourth-order valence-corrected chi connectivity index (χ4v) is 1.42. The van der Waals surface area contributed by atoms with Crippen molar-refractivity contribution in [3.63, 3.8) is 0 Å². The Morgan fingerprint density at radius 3 is 2.42 bits per heavy atom. The molecule has 0 aromatic heterocycles. The molecule has 0 saturated heterocycles. The molecule has 0 aliphatic carbocycles. The Labute approximate surface area is 69.8 Å². The van der Waals surface area contributed by atoms with Crippen molar-refractivity contribution in [2.24, 2.45) is 5.73 Å². The van der Waals surface area contributed by atoms with Crippen LogP contribution in [0.2, 0.25) is 0 Å². The number of nitrogens with two attached hydrogens (primary N) is 1. The van der Waals surface area contributed by atoms with E-state index in [-0.39, 0.29) is 11.8 Å². The molecule has 1 rings (SSSR count). The van der Waals surface area contributed by atoms with E-state index in [0.717, 1.165) is 5.41 Å². The summed E-state index contributed by atoms with van der Waals surface area (Å²) in [4.78, 5) is 10.4. The van der Waals surface area contributed by atoms with Crippen LogP contribution in [-0.2, 0) is 14.8 Å². The molecule has 1 aliphatic rings. The Balaban J connectivity index is 0.00000121. The zero-order valence-electron chi connectivity index (χ0n) is 5.89. The number of allylic oxidation sites excluding steroid dienone is 2. The first-order valence-corrected chi connectivity index (χ1v) is 4.27. The third-order valence-electron chi connectivity index (χ3n) is 1.04. The number of rotatable bonds is 1. The Morgan fingerprint density at radius 2 is 2.08 bits per heavy atom. The highest BCUT2D eigenvalue weighted by Gasteiger charge is 2.14. The average molecular weight is 188 g/mol. The molecule has 7 heteroatoms. The summed E-state index contributed by atoms with van der Waals surface area (Å²) in [5.74, 6) is -0.794. The fraction of sp³-hybridized carbons (Fsp3) is 0. The van der Waals surface area contributed by atoms with Crippen molar-refractivity contribution in [1.29, 1.82) is 0 Å². The molecule has 0 unspecified atom stereocenters. The smallest absolute Gasteiger partial charge is 0.265 e. The van der Waals surface area contributed by atoms with Gasteiger partial charge >= 0.3 is 0 Å². The molecule has 0 spiro atoms. The summed E-state index contributed by atoms with van der Waals surface area (Å²) in [5, 5.41) is 0.944. The minimum absolute atomic E-state index is 0. The predicted molar refractivity (Wildman–Crippen MR) is 40.6 cm³/mol. The van der Waals surface area contributed by atoms with Crippen LogP contribution in [0, 0.1) is 0 Å². The largest absolute Gasteiger partial charge is 0.364 e. The highest BCUT2D eigenvalue weighted by molar-refractivity contribution is 7.92. The second-order valence-electron chi connectivity index (χ2n) is 1.92. The van der Waals surface area contributed by atoms with Gasteiger partial charge in [0, 0.05) is 6.15 Å². The fourth-order valence-electron chi connectivity index (χ4n) is 0.593. The number of hydrogen-bond donors (Lipinski definition) is 2. The molecule has 0 atom stereocenters. The van der Waals surface area contributed by atoms with Gasteiger partial charge in [-0.3, -0.25) is 9.52 Å². The van der Waals surface area contributed by atoms with Gasteiger partial charge in [0.15, 0.2) is 0 Å². The van der Waals surface area contributed by atoms with Crippen molar-refractivity contribution in [3.8, 4) is 0 Å². The second-order valence-corrected chi connectivity index (χ2v) is 3.49. The molecule has 0 fully saturated rings. The van der Waals surface area contributed by atoms with E-state index in [1.807, 2.05) is 4.72 Å². The summed E-state index contributed by atoms with van der Waals surface area (Å²) in [6, 6.07) is 0. The van der Waals surface area contributed by atoms with Gasteiger partial charge in [-0.2, -0.15) is 0 Å². The van der Waals surface area contributed by atoms with Crippen LogP contribution in [0.15, 0.2) is 23.3 Å². The van der Waals surface area contributed by atoms with E-state index in [9.17, 15) is 13.2 Å². The van der Waals surface area contributed by atoms with Gasteiger partial charge in [0.2, 0.25) is 0 Å². The first-order valence-electron chi connectivity index (χ1n) is 2.72. The molecule has 1 aliphatic heterocycles. The minimum Gasteiger partial charge on any atom is -0.364 e. The molecule has 1 amide bonds. The van der Waals surface area contributed by atoms with Gasteiger partial charge in [-0.25, -0.2) is 8.42 Å². The Morgan fingerprint density at radius 1 is 1.50 bits per heavy atom. The molecule has 65 valence electrons. The molecule has 0 saturated carbocycles. The molecule has 0 bridgehead atoms. The van der Waals surface area contributed by atoms with Crippen molar-refractivity contribution in [3.05, 3.63) is 23.3 Å². The quantitative estimate of drug-likeness (QED) is 0.511. The number of hydrogen-bond acceptors (Lipinski definition) is 3. The van der Waals surface area contributed by atoms with Crippen LogP contribution < -0.4 is 16.6 Å². The second kappa shape index (κ2) is 3.37. The average Bonchev–Trinajstić information content (AvgIpc) is 1.85. The molecular weight excluding hydrogens is 182 g/mol.